The van der Waals surface area contributed by atoms with Crippen LogP contribution in [0.25, 0.3) is 0 Å². The third-order valence-electron chi connectivity index (χ3n) is 3.09. The Morgan fingerprint density at radius 1 is 1.24 bits per heavy atom. The zero-order valence-electron chi connectivity index (χ0n) is 10.5. The molecule has 1 atom stereocenters. The van der Waals surface area contributed by atoms with E-state index in [0.29, 0.717) is 11.0 Å². The van der Waals surface area contributed by atoms with E-state index in [0.717, 1.165) is 19.3 Å². The summed E-state index contributed by atoms with van der Waals surface area (Å²) in [7, 11) is 4.09. The first-order valence-electron chi connectivity index (χ1n) is 6.11. The molecule has 0 aliphatic heterocycles. The van der Waals surface area contributed by atoms with Crippen molar-refractivity contribution in [1.82, 2.24) is 0 Å². The third-order valence-corrected chi connectivity index (χ3v) is 4.37. The molecule has 17 heavy (non-hydrogen) atoms. The summed E-state index contributed by atoms with van der Waals surface area (Å²) in [4.78, 5) is 14.8. The van der Waals surface area contributed by atoms with Crippen LogP contribution in [-0.4, -0.2) is 25.1 Å². The predicted molar refractivity (Wildman–Crippen MR) is 73.9 cm³/mol. The number of rotatable bonds is 3. The summed E-state index contributed by atoms with van der Waals surface area (Å²) in [6.07, 6.45) is 3.77. The normalized spacial score (nSPS) is 20.4. The van der Waals surface area contributed by atoms with E-state index in [1.165, 1.54) is 17.0 Å². The van der Waals surface area contributed by atoms with Crippen molar-refractivity contribution in [2.24, 2.45) is 0 Å². The summed E-state index contributed by atoms with van der Waals surface area (Å²) < 4.78 is 0. The average molecular weight is 249 g/mol. The van der Waals surface area contributed by atoms with Gasteiger partial charge in [-0.25, -0.2) is 0 Å². The van der Waals surface area contributed by atoms with Gasteiger partial charge in [-0.2, -0.15) is 0 Å². The number of benzene rings is 1. The van der Waals surface area contributed by atoms with Gasteiger partial charge in [0, 0.05) is 42.8 Å². The largest absolute Gasteiger partial charge is 0.378 e. The van der Waals surface area contributed by atoms with Crippen molar-refractivity contribution in [2.45, 2.75) is 35.8 Å². The Morgan fingerprint density at radius 3 is 2.53 bits per heavy atom. The van der Waals surface area contributed by atoms with Gasteiger partial charge < -0.3 is 4.90 Å². The summed E-state index contributed by atoms with van der Waals surface area (Å²) in [5.41, 5.74) is 1.22. The first-order chi connectivity index (χ1) is 8.15. The minimum Gasteiger partial charge on any atom is -0.378 e. The summed E-state index contributed by atoms with van der Waals surface area (Å²) in [5.74, 6) is 0.429. The summed E-state index contributed by atoms with van der Waals surface area (Å²) in [6.45, 7) is 0. The molecule has 3 heteroatoms. The molecule has 0 aromatic heterocycles. The van der Waals surface area contributed by atoms with Crippen molar-refractivity contribution in [2.75, 3.05) is 19.0 Å². The van der Waals surface area contributed by atoms with Gasteiger partial charge >= 0.3 is 0 Å². The molecule has 0 radical (unpaired) electrons. The Kier molecular flexibility index (Phi) is 4.11. The Morgan fingerprint density at radius 2 is 1.94 bits per heavy atom. The SMILES string of the molecule is CN(C)c1ccc(SC2CCCC(=O)C2)cc1. The van der Waals surface area contributed by atoms with E-state index in [1.807, 2.05) is 25.9 Å². The van der Waals surface area contributed by atoms with Crippen molar-refractivity contribution in [1.29, 1.82) is 0 Å². The smallest absolute Gasteiger partial charge is 0.134 e. The first-order valence-corrected chi connectivity index (χ1v) is 6.99. The molecule has 0 N–H and O–H groups in total. The molecule has 1 aliphatic carbocycles. The van der Waals surface area contributed by atoms with Crippen LogP contribution in [0, 0.1) is 0 Å². The number of ketones is 1. The molecule has 1 unspecified atom stereocenters. The molecular formula is C14H19NOS. The molecule has 2 rings (SSSR count). The number of carbonyl (C=O) groups is 1. The molecule has 1 fully saturated rings. The van der Waals surface area contributed by atoms with E-state index < -0.39 is 0 Å². The summed E-state index contributed by atoms with van der Waals surface area (Å²) in [5, 5.41) is 0.487. The lowest BCUT2D eigenvalue weighted by atomic mass is 9.99. The predicted octanol–water partition coefficient (Wildman–Crippen LogP) is 3.36. The molecule has 2 nitrogen and oxygen atoms in total. The lowest BCUT2D eigenvalue weighted by Gasteiger charge is -2.20. The molecule has 0 amide bonds. The topological polar surface area (TPSA) is 20.3 Å². The molecule has 1 aromatic rings. The average Bonchev–Trinajstić information content (AvgIpc) is 2.29. The van der Waals surface area contributed by atoms with Crippen LogP contribution < -0.4 is 4.90 Å². The molecule has 0 heterocycles. The maximum Gasteiger partial charge on any atom is 0.134 e. The molecule has 1 saturated carbocycles. The van der Waals surface area contributed by atoms with Crippen LogP contribution in [0.15, 0.2) is 29.2 Å². The van der Waals surface area contributed by atoms with Gasteiger partial charge in [-0.15, -0.1) is 11.8 Å². The number of nitrogens with zero attached hydrogens (tertiary/aromatic N) is 1. The number of hydrogen-bond donors (Lipinski definition) is 0. The van der Waals surface area contributed by atoms with Crippen LogP contribution in [0.3, 0.4) is 0 Å². The van der Waals surface area contributed by atoms with E-state index in [1.54, 1.807) is 0 Å². The number of carbonyl (C=O) groups excluding carboxylic acids is 1. The maximum atomic E-state index is 11.4. The van der Waals surface area contributed by atoms with E-state index in [2.05, 4.69) is 29.2 Å². The number of Topliss-reactive ketones (excluding diaryl/α,β-unsaturated/α-hetero) is 1. The number of anilines is 1. The number of thioether (sulfide) groups is 1. The number of hydrogen-bond acceptors (Lipinski definition) is 3. The van der Waals surface area contributed by atoms with Crippen molar-refractivity contribution >= 4 is 23.2 Å². The fourth-order valence-corrected chi connectivity index (χ4v) is 3.33. The Labute approximate surface area is 107 Å². The Balaban J connectivity index is 1.96. The van der Waals surface area contributed by atoms with Crippen LogP contribution in [0.4, 0.5) is 5.69 Å². The van der Waals surface area contributed by atoms with Crippen LogP contribution in [0.5, 0.6) is 0 Å². The molecular weight excluding hydrogens is 230 g/mol. The molecule has 1 aliphatic rings. The van der Waals surface area contributed by atoms with Gasteiger partial charge in [0.1, 0.15) is 5.78 Å². The van der Waals surface area contributed by atoms with Gasteiger partial charge in [-0.05, 0) is 37.1 Å². The van der Waals surface area contributed by atoms with Gasteiger partial charge in [-0.3, -0.25) is 4.79 Å². The van der Waals surface area contributed by atoms with E-state index in [-0.39, 0.29) is 0 Å². The molecule has 92 valence electrons. The lowest BCUT2D eigenvalue weighted by molar-refractivity contribution is -0.120. The van der Waals surface area contributed by atoms with E-state index in [4.69, 9.17) is 0 Å². The van der Waals surface area contributed by atoms with Crippen molar-refractivity contribution in [3.05, 3.63) is 24.3 Å². The standard InChI is InChI=1S/C14H19NOS/c1-15(2)11-6-8-13(9-7-11)17-14-5-3-4-12(16)10-14/h6-9,14H,3-5,10H2,1-2H3. The van der Waals surface area contributed by atoms with Gasteiger partial charge in [-0.1, -0.05) is 0 Å². The van der Waals surface area contributed by atoms with Gasteiger partial charge in [0.25, 0.3) is 0 Å². The van der Waals surface area contributed by atoms with Gasteiger partial charge in [0.05, 0.1) is 0 Å². The molecule has 0 bridgehead atoms. The van der Waals surface area contributed by atoms with Crippen molar-refractivity contribution in [3.8, 4) is 0 Å². The highest BCUT2D eigenvalue weighted by Crippen LogP contribution is 2.32. The fraction of sp³-hybridized carbons (Fsp3) is 0.500. The highest BCUT2D eigenvalue weighted by Gasteiger charge is 2.20. The first kappa shape index (κ1) is 12.5. The zero-order valence-corrected chi connectivity index (χ0v) is 11.3. The van der Waals surface area contributed by atoms with Gasteiger partial charge in [0.2, 0.25) is 0 Å². The zero-order chi connectivity index (χ0) is 12.3. The third kappa shape index (κ3) is 3.50. The quantitative estimate of drug-likeness (QED) is 0.819. The molecule has 1 aromatic carbocycles. The van der Waals surface area contributed by atoms with Crippen molar-refractivity contribution in [3.63, 3.8) is 0 Å². The maximum absolute atomic E-state index is 11.4. The fourth-order valence-electron chi connectivity index (χ4n) is 2.10. The van der Waals surface area contributed by atoms with Crippen LogP contribution in [0.2, 0.25) is 0 Å². The monoisotopic (exact) mass is 249 g/mol. The van der Waals surface area contributed by atoms with Crippen LogP contribution in [-0.2, 0) is 4.79 Å². The second kappa shape index (κ2) is 5.58. The molecule has 0 saturated heterocycles. The van der Waals surface area contributed by atoms with Gasteiger partial charge in [0.15, 0.2) is 0 Å². The van der Waals surface area contributed by atoms with Crippen molar-refractivity contribution < 1.29 is 4.79 Å². The summed E-state index contributed by atoms with van der Waals surface area (Å²) >= 11 is 1.85. The van der Waals surface area contributed by atoms with E-state index in [9.17, 15) is 4.79 Å². The second-order valence-corrected chi connectivity index (χ2v) is 6.14. The lowest BCUT2D eigenvalue weighted by Crippen LogP contribution is -2.16. The van der Waals surface area contributed by atoms with Crippen LogP contribution in [0.1, 0.15) is 25.7 Å². The summed E-state index contributed by atoms with van der Waals surface area (Å²) in [6, 6.07) is 8.57. The Hall–Kier alpha value is -0.960. The van der Waals surface area contributed by atoms with E-state index >= 15 is 0 Å². The highest BCUT2D eigenvalue weighted by atomic mass is 32.2. The minimum atomic E-state index is 0.429. The Bertz CT molecular complexity index is 386. The van der Waals surface area contributed by atoms with Crippen LogP contribution >= 0.6 is 11.8 Å². The molecule has 0 spiro atoms. The highest BCUT2D eigenvalue weighted by molar-refractivity contribution is 8.00. The minimum absolute atomic E-state index is 0.429. The second-order valence-electron chi connectivity index (χ2n) is 4.76.